The Balaban J connectivity index is 2.37. The van der Waals surface area contributed by atoms with Gasteiger partial charge >= 0.3 is 6.18 Å². The Hall–Kier alpha value is -1.48. The summed E-state index contributed by atoms with van der Waals surface area (Å²) in [5.41, 5.74) is -0.505. The highest BCUT2D eigenvalue weighted by atomic mass is 79.9. The van der Waals surface area contributed by atoms with Crippen LogP contribution in [0.1, 0.15) is 25.2 Å². The van der Waals surface area contributed by atoms with Crippen molar-refractivity contribution in [3.05, 3.63) is 34.1 Å². The lowest BCUT2D eigenvalue weighted by Gasteiger charge is -2.12. The molecule has 2 rings (SSSR count). The molecule has 5 nitrogen and oxygen atoms in total. The minimum absolute atomic E-state index is 0.0197. The first-order valence-corrected chi connectivity index (χ1v) is 6.96. The van der Waals surface area contributed by atoms with Crippen molar-refractivity contribution in [2.24, 2.45) is 0 Å². The second kappa shape index (κ2) is 6.10. The molecule has 21 heavy (non-hydrogen) atoms. The largest absolute Gasteiger partial charge is 0.417 e. The molecule has 1 aromatic heterocycles. The molecule has 0 saturated carbocycles. The van der Waals surface area contributed by atoms with Crippen LogP contribution in [0.5, 0.6) is 0 Å². The molecule has 0 bridgehead atoms. The second-order valence-corrected chi connectivity index (χ2v) is 5.56. The fraction of sp³-hybridized carbons (Fsp3) is 0.417. The van der Waals surface area contributed by atoms with Gasteiger partial charge in [0, 0.05) is 10.5 Å². The van der Waals surface area contributed by atoms with Crippen LogP contribution in [-0.2, 0) is 12.7 Å². The van der Waals surface area contributed by atoms with Crippen molar-refractivity contribution >= 4 is 15.9 Å². The second-order valence-electron chi connectivity index (χ2n) is 4.70. The SMILES string of the molecule is CC(C)NCc1nnnn1-c1ccc(Br)c(C(F)(F)F)c1. The van der Waals surface area contributed by atoms with Crippen molar-refractivity contribution in [1.82, 2.24) is 25.5 Å². The first kappa shape index (κ1) is 15.9. The lowest BCUT2D eigenvalue weighted by molar-refractivity contribution is -0.138. The van der Waals surface area contributed by atoms with E-state index in [1.165, 1.54) is 16.8 Å². The number of alkyl halides is 3. The predicted octanol–water partition coefficient (Wildman–Crippen LogP) is 2.94. The molecular weight excluding hydrogens is 351 g/mol. The highest BCUT2D eigenvalue weighted by Gasteiger charge is 2.33. The van der Waals surface area contributed by atoms with Gasteiger partial charge in [0.05, 0.1) is 17.8 Å². The van der Waals surface area contributed by atoms with E-state index < -0.39 is 11.7 Å². The highest BCUT2D eigenvalue weighted by Crippen LogP contribution is 2.35. The molecule has 2 aromatic rings. The third-order valence-corrected chi connectivity index (χ3v) is 3.39. The molecule has 0 saturated heterocycles. The fourth-order valence-corrected chi connectivity index (χ4v) is 2.15. The Morgan fingerprint density at radius 1 is 1.33 bits per heavy atom. The van der Waals surface area contributed by atoms with Crippen molar-refractivity contribution in [3.8, 4) is 5.69 Å². The van der Waals surface area contributed by atoms with Gasteiger partial charge in [-0.05, 0) is 28.6 Å². The minimum Gasteiger partial charge on any atom is -0.308 e. The summed E-state index contributed by atoms with van der Waals surface area (Å²) in [4.78, 5) is 0. The van der Waals surface area contributed by atoms with Crippen LogP contribution in [0.3, 0.4) is 0 Å². The van der Waals surface area contributed by atoms with Gasteiger partial charge in [0.15, 0.2) is 5.82 Å². The number of nitrogens with one attached hydrogen (secondary N) is 1. The van der Waals surface area contributed by atoms with Crippen LogP contribution in [0.2, 0.25) is 0 Å². The van der Waals surface area contributed by atoms with Gasteiger partial charge in [0.25, 0.3) is 0 Å². The number of nitrogens with zero attached hydrogens (tertiary/aromatic N) is 4. The van der Waals surface area contributed by atoms with Gasteiger partial charge in [-0.15, -0.1) is 5.10 Å². The number of rotatable bonds is 4. The molecule has 0 atom stereocenters. The zero-order valence-corrected chi connectivity index (χ0v) is 12.9. The van der Waals surface area contributed by atoms with Gasteiger partial charge in [0.2, 0.25) is 0 Å². The van der Waals surface area contributed by atoms with Crippen molar-refractivity contribution in [2.75, 3.05) is 0 Å². The zero-order valence-electron chi connectivity index (χ0n) is 11.3. The molecule has 1 N–H and O–H groups in total. The third kappa shape index (κ3) is 3.79. The van der Waals surface area contributed by atoms with E-state index in [4.69, 9.17) is 0 Å². The Morgan fingerprint density at radius 3 is 2.67 bits per heavy atom. The maximum atomic E-state index is 12.9. The average molecular weight is 364 g/mol. The lowest BCUT2D eigenvalue weighted by atomic mass is 10.2. The lowest BCUT2D eigenvalue weighted by Crippen LogP contribution is -2.24. The van der Waals surface area contributed by atoms with Gasteiger partial charge in [-0.3, -0.25) is 0 Å². The van der Waals surface area contributed by atoms with Crippen LogP contribution < -0.4 is 5.32 Å². The molecule has 0 spiro atoms. The Labute approximate surface area is 127 Å². The number of hydrogen-bond acceptors (Lipinski definition) is 4. The number of benzene rings is 1. The molecule has 0 aliphatic heterocycles. The van der Waals surface area contributed by atoms with Gasteiger partial charge in [-0.2, -0.15) is 17.9 Å². The van der Waals surface area contributed by atoms with E-state index in [-0.39, 0.29) is 16.2 Å². The normalized spacial score (nSPS) is 12.1. The molecule has 0 radical (unpaired) electrons. The van der Waals surface area contributed by atoms with E-state index in [0.29, 0.717) is 12.4 Å². The van der Waals surface area contributed by atoms with Crippen LogP contribution in [0.4, 0.5) is 13.2 Å². The minimum atomic E-state index is -4.45. The standard InChI is InChI=1S/C12H13BrF3N5/c1-7(2)17-6-11-18-19-20-21(11)8-3-4-10(13)9(5-8)12(14,15)16/h3-5,7,17H,6H2,1-2H3. The first-order valence-electron chi connectivity index (χ1n) is 6.17. The van der Waals surface area contributed by atoms with Gasteiger partial charge in [-0.1, -0.05) is 29.8 Å². The maximum Gasteiger partial charge on any atom is 0.417 e. The average Bonchev–Trinajstić information content (AvgIpc) is 2.84. The molecular formula is C12H13BrF3N5. The molecule has 0 aliphatic carbocycles. The summed E-state index contributed by atoms with van der Waals surface area (Å²) in [6, 6.07) is 4.08. The highest BCUT2D eigenvalue weighted by molar-refractivity contribution is 9.10. The van der Waals surface area contributed by atoms with Crippen molar-refractivity contribution in [1.29, 1.82) is 0 Å². The summed E-state index contributed by atoms with van der Waals surface area (Å²) in [5, 5.41) is 14.2. The molecule has 1 aromatic carbocycles. The molecule has 9 heteroatoms. The Bertz CT molecular complexity index is 624. The van der Waals surface area contributed by atoms with Gasteiger partial charge in [-0.25, -0.2) is 0 Å². The summed E-state index contributed by atoms with van der Waals surface area (Å²) in [6.07, 6.45) is -4.45. The molecule has 1 heterocycles. The van der Waals surface area contributed by atoms with Crippen molar-refractivity contribution in [3.63, 3.8) is 0 Å². The van der Waals surface area contributed by atoms with E-state index in [0.717, 1.165) is 6.07 Å². The monoisotopic (exact) mass is 363 g/mol. The van der Waals surface area contributed by atoms with Crippen molar-refractivity contribution in [2.45, 2.75) is 32.6 Å². The molecule has 0 amide bonds. The topological polar surface area (TPSA) is 55.6 Å². The van der Waals surface area contributed by atoms with E-state index in [1.807, 2.05) is 13.8 Å². The number of aromatic nitrogens is 4. The van der Waals surface area contributed by atoms with Crippen LogP contribution >= 0.6 is 15.9 Å². The third-order valence-electron chi connectivity index (χ3n) is 2.70. The molecule has 0 fully saturated rings. The van der Waals surface area contributed by atoms with Gasteiger partial charge < -0.3 is 5.32 Å². The number of hydrogen-bond donors (Lipinski definition) is 1. The quantitative estimate of drug-likeness (QED) is 0.907. The van der Waals surface area contributed by atoms with E-state index in [2.05, 4.69) is 36.8 Å². The predicted molar refractivity (Wildman–Crippen MR) is 73.8 cm³/mol. The fourth-order valence-electron chi connectivity index (χ4n) is 1.67. The van der Waals surface area contributed by atoms with Crippen LogP contribution in [0, 0.1) is 0 Å². The summed E-state index contributed by atoms with van der Waals surface area (Å²) in [7, 11) is 0. The van der Waals surface area contributed by atoms with Crippen molar-refractivity contribution < 1.29 is 13.2 Å². The Kier molecular flexibility index (Phi) is 4.62. The summed E-state index contributed by atoms with van der Waals surface area (Å²) in [5.74, 6) is 0.444. The van der Waals surface area contributed by atoms with Crippen LogP contribution in [-0.4, -0.2) is 26.2 Å². The molecule has 114 valence electrons. The Morgan fingerprint density at radius 2 is 2.05 bits per heavy atom. The smallest absolute Gasteiger partial charge is 0.308 e. The number of halogens is 4. The first-order chi connectivity index (χ1) is 9.79. The van der Waals surface area contributed by atoms with E-state index in [1.54, 1.807) is 0 Å². The summed E-state index contributed by atoms with van der Waals surface area (Å²) in [6.45, 7) is 4.27. The summed E-state index contributed by atoms with van der Waals surface area (Å²) < 4.78 is 40.0. The molecule has 0 aliphatic rings. The maximum absolute atomic E-state index is 12.9. The zero-order chi connectivity index (χ0) is 15.6. The van der Waals surface area contributed by atoms with E-state index >= 15 is 0 Å². The van der Waals surface area contributed by atoms with E-state index in [9.17, 15) is 13.2 Å². The van der Waals surface area contributed by atoms with Crippen LogP contribution in [0.15, 0.2) is 22.7 Å². The number of tetrazole rings is 1. The van der Waals surface area contributed by atoms with Gasteiger partial charge in [0.1, 0.15) is 0 Å². The van der Waals surface area contributed by atoms with Crippen LogP contribution in [0.25, 0.3) is 5.69 Å². The summed E-state index contributed by atoms with van der Waals surface area (Å²) >= 11 is 2.90. The molecule has 0 unspecified atom stereocenters.